The Labute approximate surface area is 165 Å². The second-order valence-electron chi connectivity index (χ2n) is 6.56. The molecule has 0 bridgehead atoms. The number of aromatic nitrogens is 1. The summed E-state index contributed by atoms with van der Waals surface area (Å²) in [6.07, 6.45) is 1.67. The molecule has 6 nitrogen and oxygen atoms in total. The van der Waals surface area contributed by atoms with E-state index >= 15 is 0 Å². The summed E-state index contributed by atoms with van der Waals surface area (Å²) in [5.41, 5.74) is 5.33. The molecule has 28 heavy (non-hydrogen) atoms. The summed E-state index contributed by atoms with van der Waals surface area (Å²) in [4.78, 5) is 28.1. The molecule has 0 unspecified atom stereocenters. The number of hydrogen-bond acceptors (Lipinski definition) is 5. The fourth-order valence-electron chi connectivity index (χ4n) is 3.34. The Balaban J connectivity index is 1.54. The van der Waals surface area contributed by atoms with Crippen LogP contribution in [0, 0.1) is 0 Å². The third-order valence-corrected chi connectivity index (χ3v) is 4.95. The molecule has 2 N–H and O–H groups in total. The number of cyclic esters (lactones) is 1. The van der Waals surface area contributed by atoms with Crippen molar-refractivity contribution >= 4 is 46.2 Å². The summed E-state index contributed by atoms with van der Waals surface area (Å²) in [5, 5.41) is 6.63. The maximum atomic E-state index is 11.8. The van der Waals surface area contributed by atoms with Gasteiger partial charge in [0.25, 0.3) is 5.91 Å². The predicted molar refractivity (Wildman–Crippen MR) is 108 cm³/mol. The topological polar surface area (TPSA) is 80.3 Å². The van der Waals surface area contributed by atoms with Gasteiger partial charge in [0.15, 0.2) is 5.11 Å². The van der Waals surface area contributed by atoms with Crippen LogP contribution in [0.25, 0.3) is 28.1 Å². The van der Waals surface area contributed by atoms with Gasteiger partial charge < -0.3 is 10.1 Å². The standard InChI is InChI=1S/C21H13N3O3S/c25-19-18(23-21(28)24-19)9-15-5-3-11-1-2-13(8-17(11)22-15)12-4-6-16-14(7-12)10-27-20(16)26/h1-9H,10H2,(H2,23,24,25,28)/b18-9+. The SMILES string of the molecule is O=C1NC(=S)N/C1=C/c1ccc2ccc(-c3ccc4c(c3)COC4=O)cc2n1. The zero-order chi connectivity index (χ0) is 19.3. The predicted octanol–water partition coefficient (Wildman–Crippen LogP) is 2.92. The quantitative estimate of drug-likeness (QED) is 0.400. The minimum Gasteiger partial charge on any atom is -0.457 e. The molecule has 2 aromatic carbocycles. The molecule has 1 fully saturated rings. The number of carbonyl (C=O) groups is 2. The van der Waals surface area contributed by atoms with Gasteiger partial charge >= 0.3 is 5.97 Å². The number of thiocarbonyl (C=S) groups is 1. The van der Waals surface area contributed by atoms with Crippen LogP contribution in [0.3, 0.4) is 0 Å². The molecule has 3 aromatic rings. The van der Waals surface area contributed by atoms with Gasteiger partial charge in [-0.2, -0.15) is 0 Å². The Morgan fingerprint density at radius 1 is 1.00 bits per heavy atom. The first-order valence-corrected chi connectivity index (χ1v) is 9.03. The Morgan fingerprint density at radius 3 is 2.61 bits per heavy atom. The van der Waals surface area contributed by atoms with E-state index in [1.165, 1.54) is 0 Å². The van der Waals surface area contributed by atoms with Crippen molar-refractivity contribution in [3.63, 3.8) is 0 Å². The molecule has 5 rings (SSSR count). The van der Waals surface area contributed by atoms with Gasteiger partial charge in [0.1, 0.15) is 12.3 Å². The van der Waals surface area contributed by atoms with E-state index in [0.29, 0.717) is 28.7 Å². The van der Waals surface area contributed by atoms with Gasteiger partial charge in [-0.05, 0) is 53.7 Å². The largest absolute Gasteiger partial charge is 0.457 e. The number of carbonyl (C=O) groups excluding carboxylic acids is 2. The minimum atomic E-state index is -0.275. The van der Waals surface area contributed by atoms with Crippen molar-refractivity contribution in [1.29, 1.82) is 0 Å². The lowest BCUT2D eigenvalue weighted by Crippen LogP contribution is -2.21. The van der Waals surface area contributed by atoms with Crippen LogP contribution in [0.2, 0.25) is 0 Å². The van der Waals surface area contributed by atoms with Gasteiger partial charge in [-0.25, -0.2) is 9.78 Å². The summed E-state index contributed by atoms with van der Waals surface area (Å²) in [6.45, 7) is 0.308. The highest BCUT2D eigenvalue weighted by atomic mass is 32.1. The van der Waals surface area contributed by atoms with Crippen LogP contribution in [0.15, 0.2) is 54.2 Å². The van der Waals surface area contributed by atoms with Gasteiger partial charge in [-0.1, -0.05) is 24.3 Å². The average molecular weight is 387 g/mol. The van der Waals surface area contributed by atoms with E-state index in [0.717, 1.165) is 27.6 Å². The number of esters is 1. The molecule has 0 aliphatic carbocycles. The number of nitrogens with one attached hydrogen (secondary N) is 2. The molecular weight excluding hydrogens is 374 g/mol. The summed E-state index contributed by atoms with van der Waals surface area (Å²) in [5.74, 6) is -0.543. The van der Waals surface area contributed by atoms with Crippen molar-refractivity contribution in [1.82, 2.24) is 15.6 Å². The summed E-state index contributed by atoms with van der Waals surface area (Å²) < 4.78 is 5.07. The Bertz CT molecular complexity index is 1230. The Morgan fingerprint density at radius 2 is 1.79 bits per heavy atom. The number of fused-ring (bicyclic) bond motifs is 2. The molecule has 3 heterocycles. The number of nitrogens with zero attached hydrogens (tertiary/aromatic N) is 1. The molecule has 7 heteroatoms. The van der Waals surface area contributed by atoms with Crippen LogP contribution in [0.5, 0.6) is 0 Å². The first-order chi connectivity index (χ1) is 13.6. The fourth-order valence-corrected chi connectivity index (χ4v) is 3.54. The third-order valence-electron chi connectivity index (χ3n) is 4.74. The molecule has 0 spiro atoms. The Hall–Kier alpha value is -3.58. The summed E-state index contributed by atoms with van der Waals surface area (Å²) >= 11 is 4.94. The number of pyridine rings is 1. The van der Waals surface area contributed by atoms with Crippen molar-refractivity contribution in [2.24, 2.45) is 0 Å². The van der Waals surface area contributed by atoms with E-state index in [2.05, 4.69) is 15.6 Å². The Kier molecular flexibility index (Phi) is 3.70. The maximum Gasteiger partial charge on any atom is 0.338 e. The smallest absolute Gasteiger partial charge is 0.338 e. The minimum absolute atomic E-state index is 0.268. The molecule has 2 aliphatic rings. The lowest BCUT2D eigenvalue weighted by atomic mass is 9.99. The first kappa shape index (κ1) is 16.6. The van der Waals surface area contributed by atoms with Crippen LogP contribution in [0.1, 0.15) is 21.6 Å². The highest BCUT2D eigenvalue weighted by molar-refractivity contribution is 7.80. The maximum absolute atomic E-state index is 11.8. The van der Waals surface area contributed by atoms with Crippen LogP contribution in [-0.2, 0) is 16.1 Å². The third kappa shape index (κ3) is 2.82. The average Bonchev–Trinajstić information content (AvgIpc) is 3.22. The molecule has 0 atom stereocenters. The second kappa shape index (κ2) is 6.24. The zero-order valence-electron chi connectivity index (χ0n) is 14.5. The van der Waals surface area contributed by atoms with Gasteiger partial charge in [-0.3, -0.25) is 10.1 Å². The zero-order valence-corrected chi connectivity index (χ0v) is 15.3. The first-order valence-electron chi connectivity index (χ1n) is 8.62. The normalized spacial score (nSPS) is 16.9. The van der Waals surface area contributed by atoms with E-state index in [-0.39, 0.29) is 11.9 Å². The number of ether oxygens (including phenoxy) is 1. The van der Waals surface area contributed by atoms with E-state index in [1.807, 2.05) is 42.5 Å². The fraction of sp³-hybridized carbons (Fsp3) is 0.0476. The molecule has 1 saturated heterocycles. The molecule has 0 radical (unpaired) electrons. The number of amides is 1. The molecule has 2 aliphatic heterocycles. The molecule has 0 saturated carbocycles. The number of benzene rings is 2. The highest BCUT2D eigenvalue weighted by Gasteiger charge is 2.21. The van der Waals surface area contributed by atoms with Crippen molar-refractivity contribution in [2.75, 3.05) is 0 Å². The molecule has 1 aromatic heterocycles. The van der Waals surface area contributed by atoms with Gasteiger partial charge in [0, 0.05) is 10.9 Å². The van der Waals surface area contributed by atoms with Gasteiger partial charge in [0.2, 0.25) is 0 Å². The van der Waals surface area contributed by atoms with Crippen LogP contribution < -0.4 is 10.6 Å². The van der Waals surface area contributed by atoms with E-state index in [9.17, 15) is 9.59 Å². The van der Waals surface area contributed by atoms with E-state index in [4.69, 9.17) is 17.0 Å². The number of rotatable bonds is 2. The molecule has 1 amide bonds. The highest BCUT2D eigenvalue weighted by Crippen LogP contribution is 2.29. The van der Waals surface area contributed by atoms with Crippen molar-refractivity contribution in [3.05, 3.63) is 71.0 Å². The van der Waals surface area contributed by atoms with Gasteiger partial charge in [0.05, 0.1) is 16.8 Å². The second-order valence-corrected chi connectivity index (χ2v) is 6.97. The summed E-state index contributed by atoms with van der Waals surface area (Å²) in [6, 6.07) is 15.5. The van der Waals surface area contributed by atoms with Gasteiger partial charge in [-0.15, -0.1) is 0 Å². The van der Waals surface area contributed by atoms with Crippen LogP contribution in [-0.4, -0.2) is 22.0 Å². The number of hydrogen-bond donors (Lipinski definition) is 2. The lowest BCUT2D eigenvalue weighted by Gasteiger charge is -2.06. The summed E-state index contributed by atoms with van der Waals surface area (Å²) in [7, 11) is 0. The van der Waals surface area contributed by atoms with E-state index in [1.54, 1.807) is 12.1 Å². The van der Waals surface area contributed by atoms with E-state index < -0.39 is 0 Å². The molecular formula is C21H13N3O3S. The molecule has 136 valence electrons. The van der Waals surface area contributed by atoms with Crippen molar-refractivity contribution < 1.29 is 14.3 Å². The monoisotopic (exact) mass is 387 g/mol. The van der Waals surface area contributed by atoms with Crippen molar-refractivity contribution in [2.45, 2.75) is 6.61 Å². The van der Waals surface area contributed by atoms with Crippen LogP contribution >= 0.6 is 12.2 Å². The lowest BCUT2D eigenvalue weighted by molar-refractivity contribution is -0.115. The van der Waals surface area contributed by atoms with Crippen molar-refractivity contribution in [3.8, 4) is 11.1 Å². The van der Waals surface area contributed by atoms with Crippen LogP contribution in [0.4, 0.5) is 0 Å².